The number of halogens is 1. The number of aryl methyl sites for hydroxylation is 1. The van der Waals surface area contributed by atoms with Crippen LogP contribution in [0.1, 0.15) is 42.8 Å². The van der Waals surface area contributed by atoms with Gasteiger partial charge in [-0.2, -0.15) is 0 Å². The van der Waals surface area contributed by atoms with Gasteiger partial charge in [0.15, 0.2) is 5.82 Å². The molecule has 1 aromatic heterocycles. The second kappa shape index (κ2) is 10.4. The first-order valence-corrected chi connectivity index (χ1v) is 10.8. The van der Waals surface area contributed by atoms with Crippen molar-refractivity contribution in [3.63, 3.8) is 0 Å². The van der Waals surface area contributed by atoms with Gasteiger partial charge in [0.2, 0.25) is 5.91 Å². The Bertz CT molecular complexity index is 1000. The minimum atomic E-state index is 0.152. The molecular formula is C25H28ClN3O. The third kappa shape index (κ3) is 5.90. The Morgan fingerprint density at radius 1 is 0.967 bits per heavy atom. The lowest BCUT2D eigenvalue weighted by Gasteiger charge is -2.16. The number of aromatic nitrogens is 2. The first-order chi connectivity index (χ1) is 14.5. The largest absolute Gasteiger partial charge is 0.345 e. The van der Waals surface area contributed by atoms with E-state index in [9.17, 15) is 4.79 Å². The lowest BCUT2D eigenvalue weighted by atomic mass is 10.0. The summed E-state index contributed by atoms with van der Waals surface area (Å²) in [5.74, 6) is 0.854. The SMILES string of the molecule is CCCN(C)C(=O)Cc1ccc(Cc2cc(CC)nc(-c3cccc(Cl)c3)n2)cc1. The summed E-state index contributed by atoms with van der Waals surface area (Å²) in [5, 5.41) is 0.675. The minimum absolute atomic E-state index is 0.152. The molecule has 3 aromatic rings. The third-order valence-electron chi connectivity index (χ3n) is 5.03. The van der Waals surface area contributed by atoms with Crippen LogP contribution in [0.15, 0.2) is 54.6 Å². The number of hydrogen-bond acceptors (Lipinski definition) is 3. The molecule has 0 fully saturated rings. The van der Waals surface area contributed by atoms with Gasteiger partial charge in [-0.3, -0.25) is 4.79 Å². The number of carbonyl (C=O) groups excluding carboxylic acids is 1. The Morgan fingerprint density at radius 2 is 1.67 bits per heavy atom. The average Bonchev–Trinajstić information content (AvgIpc) is 2.75. The summed E-state index contributed by atoms with van der Waals surface area (Å²) >= 11 is 6.14. The second-order valence-electron chi connectivity index (χ2n) is 7.52. The van der Waals surface area contributed by atoms with Crippen molar-refractivity contribution in [2.24, 2.45) is 0 Å². The van der Waals surface area contributed by atoms with Crippen LogP contribution < -0.4 is 0 Å². The van der Waals surface area contributed by atoms with Gasteiger partial charge in [0.05, 0.1) is 6.42 Å². The fourth-order valence-corrected chi connectivity index (χ4v) is 3.53. The molecule has 0 aliphatic carbocycles. The molecule has 156 valence electrons. The molecule has 0 saturated heterocycles. The van der Waals surface area contributed by atoms with Crippen LogP contribution in [0.4, 0.5) is 0 Å². The number of nitrogens with zero attached hydrogens (tertiary/aromatic N) is 3. The number of carbonyl (C=O) groups is 1. The van der Waals surface area contributed by atoms with Crippen LogP contribution in [0.25, 0.3) is 11.4 Å². The Kier molecular flexibility index (Phi) is 7.58. The van der Waals surface area contributed by atoms with Crippen molar-refractivity contribution in [2.75, 3.05) is 13.6 Å². The maximum absolute atomic E-state index is 12.2. The van der Waals surface area contributed by atoms with E-state index in [1.54, 1.807) is 4.90 Å². The lowest BCUT2D eigenvalue weighted by molar-refractivity contribution is -0.129. The van der Waals surface area contributed by atoms with Gasteiger partial charge in [0.25, 0.3) is 0 Å². The molecule has 1 heterocycles. The Labute approximate surface area is 183 Å². The number of likely N-dealkylation sites (N-methyl/N-ethyl adjacent to an activating group) is 1. The molecular weight excluding hydrogens is 394 g/mol. The Hall–Kier alpha value is -2.72. The second-order valence-corrected chi connectivity index (χ2v) is 7.96. The lowest BCUT2D eigenvalue weighted by Crippen LogP contribution is -2.28. The molecule has 0 saturated carbocycles. The quantitative estimate of drug-likeness (QED) is 0.491. The van der Waals surface area contributed by atoms with Crippen molar-refractivity contribution < 1.29 is 4.79 Å². The van der Waals surface area contributed by atoms with Gasteiger partial charge in [0, 0.05) is 42.0 Å². The number of rotatable bonds is 8. The van der Waals surface area contributed by atoms with Crippen molar-refractivity contribution >= 4 is 17.5 Å². The van der Waals surface area contributed by atoms with Gasteiger partial charge in [0.1, 0.15) is 0 Å². The Morgan fingerprint density at radius 3 is 2.33 bits per heavy atom. The molecule has 5 heteroatoms. The molecule has 0 unspecified atom stereocenters. The highest BCUT2D eigenvalue weighted by Gasteiger charge is 2.10. The van der Waals surface area contributed by atoms with Crippen LogP contribution in [-0.4, -0.2) is 34.4 Å². The van der Waals surface area contributed by atoms with E-state index in [1.807, 2.05) is 43.4 Å². The van der Waals surface area contributed by atoms with Gasteiger partial charge >= 0.3 is 0 Å². The highest BCUT2D eigenvalue weighted by atomic mass is 35.5. The topological polar surface area (TPSA) is 46.1 Å². The van der Waals surface area contributed by atoms with Crippen LogP contribution >= 0.6 is 11.6 Å². The molecule has 30 heavy (non-hydrogen) atoms. The predicted molar refractivity (Wildman–Crippen MR) is 123 cm³/mol. The van der Waals surface area contributed by atoms with Gasteiger partial charge < -0.3 is 4.90 Å². The van der Waals surface area contributed by atoms with E-state index in [4.69, 9.17) is 16.6 Å². The van der Waals surface area contributed by atoms with Crippen molar-refractivity contribution in [2.45, 2.75) is 39.5 Å². The number of benzene rings is 2. The minimum Gasteiger partial charge on any atom is -0.345 e. The summed E-state index contributed by atoms with van der Waals surface area (Å²) in [6, 6.07) is 17.9. The molecule has 0 aliphatic rings. The first-order valence-electron chi connectivity index (χ1n) is 10.4. The van der Waals surface area contributed by atoms with Gasteiger partial charge in [-0.15, -0.1) is 0 Å². The van der Waals surface area contributed by atoms with Gasteiger partial charge in [-0.1, -0.05) is 61.8 Å². The Balaban J connectivity index is 1.76. The monoisotopic (exact) mass is 421 g/mol. The zero-order valence-electron chi connectivity index (χ0n) is 17.9. The summed E-state index contributed by atoms with van der Waals surface area (Å²) < 4.78 is 0. The van der Waals surface area contributed by atoms with E-state index in [1.165, 1.54) is 0 Å². The first kappa shape index (κ1) is 22.0. The molecule has 1 amide bonds. The van der Waals surface area contributed by atoms with Gasteiger partial charge in [-0.25, -0.2) is 9.97 Å². The van der Waals surface area contributed by atoms with Crippen molar-refractivity contribution in [1.29, 1.82) is 0 Å². The van der Waals surface area contributed by atoms with Crippen molar-refractivity contribution in [3.8, 4) is 11.4 Å². The molecule has 2 aromatic carbocycles. The van der Waals surface area contributed by atoms with E-state index in [0.29, 0.717) is 23.7 Å². The summed E-state index contributed by atoms with van der Waals surface area (Å²) in [6.45, 7) is 4.96. The summed E-state index contributed by atoms with van der Waals surface area (Å²) in [7, 11) is 1.86. The molecule has 4 nitrogen and oxygen atoms in total. The maximum Gasteiger partial charge on any atom is 0.226 e. The fraction of sp³-hybridized carbons (Fsp3) is 0.320. The summed E-state index contributed by atoms with van der Waals surface area (Å²) in [5.41, 5.74) is 5.10. The highest BCUT2D eigenvalue weighted by Crippen LogP contribution is 2.21. The molecule has 0 spiro atoms. The molecule has 0 N–H and O–H groups in total. The normalized spacial score (nSPS) is 10.8. The van der Waals surface area contributed by atoms with E-state index in [-0.39, 0.29) is 5.91 Å². The third-order valence-corrected chi connectivity index (χ3v) is 5.26. The van der Waals surface area contributed by atoms with E-state index in [2.05, 4.69) is 37.0 Å². The van der Waals surface area contributed by atoms with Crippen LogP contribution in [0.5, 0.6) is 0 Å². The van der Waals surface area contributed by atoms with E-state index >= 15 is 0 Å². The zero-order valence-corrected chi connectivity index (χ0v) is 18.6. The zero-order chi connectivity index (χ0) is 21.5. The molecule has 3 rings (SSSR count). The highest BCUT2D eigenvalue weighted by molar-refractivity contribution is 6.30. The van der Waals surface area contributed by atoms with Crippen molar-refractivity contribution in [3.05, 3.63) is 82.1 Å². The molecule has 0 aliphatic heterocycles. The van der Waals surface area contributed by atoms with E-state index < -0.39 is 0 Å². The van der Waals surface area contributed by atoms with Crippen LogP contribution in [-0.2, 0) is 24.1 Å². The van der Waals surface area contributed by atoms with Crippen LogP contribution in [0.2, 0.25) is 5.02 Å². The van der Waals surface area contributed by atoms with Crippen LogP contribution in [0, 0.1) is 0 Å². The molecule has 0 radical (unpaired) electrons. The van der Waals surface area contributed by atoms with E-state index in [0.717, 1.165) is 47.5 Å². The summed E-state index contributed by atoms with van der Waals surface area (Å²) in [6.07, 6.45) is 2.96. The standard InChI is InChI=1S/C25H28ClN3O/c1-4-13-29(3)24(30)15-19-11-9-18(10-12-19)14-23-17-22(5-2)27-25(28-23)20-7-6-8-21(26)16-20/h6-12,16-17H,4-5,13-15H2,1-3H3. The molecule has 0 atom stereocenters. The number of amides is 1. The predicted octanol–water partition coefficient (Wildman–Crippen LogP) is 5.36. The fourth-order valence-electron chi connectivity index (χ4n) is 3.34. The summed E-state index contributed by atoms with van der Waals surface area (Å²) in [4.78, 5) is 23.5. The maximum atomic E-state index is 12.2. The average molecular weight is 422 g/mol. The number of hydrogen-bond donors (Lipinski definition) is 0. The van der Waals surface area contributed by atoms with Crippen LogP contribution in [0.3, 0.4) is 0 Å². The molecule has 0 bridgehead atoms. The van der Waals surface area contributed by atoms with Crippen molar-refractivity contribution in [1.82, 2.24) is 14.9 Å². The van der Waals surface area contributed by atoms with Gasteiger partial charge in [-0.05, 0) is 42.2 Å². The smallest absolute Gasteiger partial charge is 0.226 e.